The van der Waals surface area contributed by atoms with Crippen LogP contribution in [0.5, 0.6) is 5.88 Å². The number of amides is 2. The van der Waals surface area contributed by atoms with Crippen LogP contribution in [0.1, 0.15) is 77.5 Å². The maximum absolute atomic E-state index is 13.7. The smallest absolute Gasteiger partial charge is 0.325 e. The van der Waals surface area contributed by atoms with Crippen LogP contribution in [0, 0.1) is 11.3 Å². The molecule has 3 fully saturated rings. The third-order valence-corrected chi connectivity index (χ3v) is 8.47. The average Bonchev–Trinajstić information content (AvgIpc) is 3.24. The molecule has 2 heterocycles. The van der Waals surface area contributed by atoms with Crippen LogP contribution in [0.2, 0.25) is 0 Å². The Hall–Kier alpha value is -3.01. The molecule has 1 aliphatic heterocycles. The zero-order valence-electron chi connectivity index (χ0n) is 23.2. The predicted octanol–water partition coefficient (Wildman–Crippen LogP) is 3.30. The number of Topliss-reactive ketones (excluding diaryl/α,β-unsaturated/α-hetero) is 2. The Morgan fingerprint density at radius 2 is 1.89 bits per heavy atom. The summed E-state index contributed by atoms with van der Waals surface area (Å²) in [4.78, 5) is 51.9. The van der Waals surface area contributed by atoms with E-state index in [0.717, 1.165) is 32.2 Å². The molecule has 1 spiro atoms. The third kappa shape index (κ3) is 5.55. The van der Waals surface area contributed by atoms with Gasteiger partial charge in [0.05, 0.1) is 11.1 Å². The number of hydrogen-bond acceptors (Lipinski definition) is 8. The lowest BCUT2D eigenvalue weighted by Crippen LogP contribution is -2.45. The van der Waals surface area contributed by atoms with E-state index in [4.69, 9.17) is 10.5 Å². The highest BCUT2D eigenvalue weighted by atomic mass is 16.5. The van der Waals surface area contributed by atoms with Gasteiger partial charge >= 0.3 is 6.03 Å². The van der Waals surface area contributed by atoms with Gasteiger partial charge in [-0.2, -0.15) is 4.98 Å². The SMILES string of the molecule is CNCCC[C@H](C)[C@H](C)Oc1cc(N2CCN(C)C2=O)nc(C(N)=C2CCC[C@@]3(CCCCC3=O)C2=O)n1. The molecule has 0 bridgehead atoms. The molecule has 2 amide bonds. The van der Waals surface area contributed by atoms with Crippen molar-refractivity contribution < 1.29 is 19.1 Å². The molecule has 0 radical (unpaired) electrons. The maximum atomic E-state index is 13.7. The molecule has 10 nitrogen and oxygen atoms in total. The zero-order valence-corrected chi connectivity index (χ0v) is 23.2. The van der Waals surface area contributed by atoms with E-state index in [2.05, 4.69) is 22.2 Å². The number of ketones is 2. The number of nitrogens with zero attached hydrogens (tertiary/aromatic N) is 4. The van der Waals surface area contributed by atoms with E-state index in [1.165, 1.54) is 0 Å². The number of allylic oxidation sites excluding steroid dienone is 1. The number of rotatable bonds is 9. The highest BCUT2D eigenvalue weighted by Gasteiger charge is 2.49. The second kappa shape index (κ2) is 11.8. The van der Waals surface area contributed by atoms with Crippen LogP contribution < -0.4 is 20.7 Å². The first-order valence-electron chi connectivity index (χ1n) is 14.0. The Labute approximate surface area is 225 Å². The standard InChI is InChI=1S/C28H42N6O4/c1-18(9-8-14-30-3)19(2)38-23-17-22(34-16-15-33(4)27(34)37)31-26(32-23)24(29)20-10-7-13-28(25(20)36)12-6-5-11-21(28)35/h17-19,30H,5-16,29H2,1-4H3/t18-,19-,28+/m0/s1. The summed E-state index contributed by atoms with van der Waals surface area (Å²) in [5.74, 6) is 1.01. The lowest BCUT2D eigenvalue weighted by Gasteiger charge is -2.38. The van der Waals surface area contributed by atoms with E-state index in [9.17, 15) is 14.4 Å². The number of carbonyl (C=O) groups is 3. The molecular formula is C28H42N6O4. The van der Waals surface area contributed by atoms with E-state index < -0.39 is 5.41 Å². The van der Waals surface area contributed by atoms with E-state index >= 15 is 0 Å². The molecule has 3 atom stereocenters. The zero-order chi connectivity index (χ0) is 27.4. The topological polar surface area (TPSA) is 131 Å². The van der Waals surface area contributed by atoms with Gasteiger partial charge in [0.15, 0.2) is 11.6 Å². The lowest BCUT2D eigenvalue weighted by atomic mass is 9.62. The van der Waals surface area contributed by atoms with E-state index in [0.29, 0.717) is 62.5 Å². The van der Waals surface area contributed by atoms with Gasteiger partial charge in [0.25, 0.3) is 0 Å². The number of nitrogens with two attached hydrogens (primary N) is 1. The average molecular weight is 527 g/mol. The highest BCUT2D eigenvalue weighted by molar-refractivity contribution is 6.17. The van der Waals surface area contributed by atoms with E-state index in [1.807, 2.05) is 14.0 Å². The molecule has 0 aromatic carbocycles. The molecule has 1 aromatic rings. The molecule has 2 aliphatic carbocycles. The van der Waals surface area contributed by atoms with Gasteiger partial charge in [0, 0.05) is 38.2 Å². The number of urea groups is 1. The normalized spacial score (nSPS) is 25.2. The van der Waals surface area contributed by atoms with Crippen molar-refractivity contribution in [1.29, 1.82) is 0 Å². The van der Waals surface area contributed by atoms with Crippen LogP contribution in [0.15, 0.2) is 11.6 Å². The quantitative estimate of drug-likeness (QED) is 0.285. The van der Waals surface area contributed by atoms with Crippen molar-refractivity contribution in [2.45, 2.75) is 77.7 Å². The fourth-order valence-electron chi connectivity index (χ4n) is 5.80. The minimum atomic E-state index is -0.960. The largest absolute Gasteiger partial charge is 0.474 e. The Morgan fingerprint density at radius 1 is 1.13 bits per heavy atom. The number of carbonyl (C=O) groups excluding carboxylic acids is 3. The maximum Gasteiger partial charge on any atom is 0.325 e. The number of nitrogens with one attached hydrogen (secondary N) is 1. The van der Waals surface area contributed by atoms with Gasteiger partial charge in [-0.3, -0.25) is 14.5 Å². The molecule has 10 heteroatoms. The van der Waals surface area contributed by atoms with Crippen LogP contribution >= 0.6 is 0 Å². The Kier molecular flexibility index (Phi) is 8.70. The molecule has 2 saturated carbocycles. The minimum Gasteiger partial charge on any atom is -0.474 e. The first kappa shape index (κ1) is 28.0. The molecule has 3 N–H and O–H groups in total. The van der Waals surface area contributed by atoms with E-state index in [1.54, 1.807) is 22.9 Å². The van der Waals surface area contributed by atoms with Crippen molar-refractivity contribution in [2.75, 3.05) is 38.6 Å². The van der Waals surface area contributed by atoms with Crippen molar-refractivity contribution in [3.05, 3.63) is 17.5 Å². The Bertz CT molecular complexity index is 1100. The lowest BCUT2D eigenvalue weighted by molar-refractivity contribution is -0.143. The van der Waals surface area contributed by atoms with Crippen molar-refractivity contribution in [3.8, 4) is 5.88 Å². The molecule has 0 unspecified atom stereocenters. The second-order valence-electron chi connectivity index (χ2n) is 11.1. The summed E-state index contributed by atoms with van der Waals surface area (Å²) in [5.41, 5.74) is 6.25. The molecule has 38 heavy (non-hydrogen) atoms. The molecule has 4 rings (SSSR count). The Morgan fingerprint density at radius 3 is 2.58 bits per heavy atom. The molecule has 3 aliphatic rings. The summed E-state index contributed by atoms with van der Waals surface area (Å²) < 4.78 is 6.26. The predicted molar refractivity (Wildman–Crippen MR) is 146 cm³/mol. The fraction of sp³-hybridized carbons (Fsp3) is 0.679. The van der Waals surface area contributed by atoms with Gasteiger partial charge in [-0.25, -0.2) is 9.78 Å². The molecule has 1 saturated heterocycles. The first-order valence-corrected chi connectivity index (χ1v) is 14.0. The van der Waals surface area contributed by atoms with E-state index in [-0.39, 0.29) is 41.1 Å². The van der Waals surface area contributed by atoms with Crippen molar-refractivity contribution in [3.63, 3.8) is 0 Å². The van der Waals surface area contributed by atoms with Gasteiger partial charge in [0.2, 0.25) is 5.88 Å². The van der Waals surface area contributed by atoms with Gasteiger partial charge in [0.1, 0.15) is 17.7 Å². The molecule has 208 valence electrons. The highest BCUT2D eigenvalue weighted by Crippen LogP contribution is 2.45. The summed E-state index contributed by atoms with van der Waals surface area (Å²) in [6, 6.07) is 1.50. The minimum absolute atomic E-state index is 0.0317. The van der Waals surface area contributed by atoms with Crippen LogP contribution in [0.3, 0.4) is 0 Å². The summed E-state index contributed by atoms with van der Waals surface area (Å²) in [6.45, 7) is 6.14. The Balaban J connectivity index is 1.69. The monoisotopic (exact) mass is 526 g/mol. The summed E-state index contributed by atoms with van der Waals surface area (Å²) in [6.07, 6.45) is 6.37. The fourth-order valence-corrected chi connectivity index (χ4v) is 5.80. The van der Waals surface area contributed by atoms with Crippen LogP contribution in [-0.4, -0.2) is 72.3 Å². The number of aromatic nitrogens is 2. The van der Waals surface area contributed by atoms with Crippen molar-refractivity contribution in [1.82, 2.24) is 20.2 Å². The summed E-state index contributed by atoms with van der Waals surface area (Å²) >= 11 is 0. The van der Waals surface area contributed by atoms with Crippen molar-refractivity contribution in [2.24, 2.45) is 17.1 Å². The number of anilines is 1. The second-order valence-corrected chi connectivity index (χ2v) is 11.1. The van der Waals surface area contributed by atoms with Crippen LogP contribution in [0.4, 0.5) is 10.6 Å². The number of hydrogen-bond donors (Lipinski definition) is 2. The summed E-state index contributed by atoms with van der Waals surface area (Å²) in [5, 5.41) is 3.17. The van der Waals surface area contributed by atoms with Crippen molar-refractivity contribution >= 4 is 29.1 Å². The van der Waals surface area contributed by atoms with Gasteiger partial charge in [-0.1, -0.05) is 13.3 Å². The molecular weight excluding hydrogens is 484 g/mol. The summed E-state index contributed by atoms with van der Waals surface area (Å²) in [7, 11) is 3.68. The third-order valence-electron chi connectivity index (χ3n) is 8.47. The van der Waals surface area contributed by atoms with Crippen LogP contribution in [0.25, 0.3) is 5.70 Å². The first-order chi connectivity index (χ1) is 18.2. The number of ether oxygens (including phenoxy) is 1. The van der Waals surface area contributed by atoms with Gasteiger partial charge in [-0.05, 0) is 71.4 Å². The van der Waals surface area contributed by atoms with Gasteiger partial charge < -0.3 is 20.7 Å². The van der Waals surface area contributed by atoms with Crippen LogP contribution in [-0.2, 0) is 9.59 Å². The van der Waals surface area contributed by atoms with Gasteiger partial charge in [-0.15, -0.1) is 0 Å². The number of likely N-dealkylation sites (N-methyl/N-ethyl adjacent to an activating group) is 1. The molecule has 1 aromatic heterocycles.